The lowest BCUT2D eigenvalue weighted by molar-refractivity contribution is -0.256. The lowest BCUT2D eigenvalue weighted by atomic mass is 9.97. The van der Waals surface area contributed by atoms with E-state index in [-0.39, 0.29) is 12.3 Å². The van der Waals surface area contributed by atoms with Gasteiger partial charge in [-0.1, -0.05) is 0 Å². The maximum atomic E-state index is 11.6. The van der Waals surface area contributed by atoms with Gasteiger partial charge in [0.05, 0.1) is 13.2 Å². The van der Waals surface area contributed by atoms with Crippen LogP contribution >= 0.6 is 0 Å². The van der Waals surface area contributed by atoms with Gasteiger partial charge in [0.2, 0.25) is 0 Å². The highest BCUT2D eigenvalue weighted by Gasteiger charge is 2.51. The first-order chi connectivity index (χ1) is 12.6. The number of aliphatic hydroxyl groups excluding tert-OH is 2. The zero-order valence-corrected chi connectivity index (χ0v) is 16.1. The number of carbonyl (C=O) groups excluding carboxylic acids is 3. The molecule has 0 amide bonds. The van der Waals surface area contributed by atoms with E-state index in [9.17, 15) is 24.6 Å². The second kappa shape index (κ2) is 10.2. The van der Waals surface area contributed by atoms with Gasteiger partial charge in [-0.2, -0.15) is 0 Å². The number of ether oxygens (including phenoxy) is 4. The molecule has 1 aliphatic heterocycles. The van der Waals surface area contributed by atoms with Gasteiger partial charge in [0.25, 0.3) is 0 Å². The average Bonchev–Trinajstić information content (AvgIpc) is 2.55. The van der Waals surface area contributed by atoms with Gasteiger partial charge in [0.15, 0.2) is 18.3 Å². The van der Waals surface area contributed by atoms with Gasteiger partial charge < -0.3 is 29.2 Å². The van der Waals surface area contributed by atoms with E-state index in [1.165, 1.54) is 0 Å². The Morgan fingerprint density at radius 1 is 0.889 bits per heavy atom. The molecule has 5 atom stereocenters. The van der Waals surface area contributed by atoms with Gasteiger partial charge in [-0.3, -0.25) is 19.7 Å². The van der Waals surface area contributed by atoms with Crippen LogP contribution in [0.1, 0.15) is 34.6 Å². The van der Waals surface area contributed by atoms with Crippen LogP contribution in [0.3, 0.4) is 0 Å². The first-order valence-corrected chi connectivity index (χ1v) is 8.43. The molecule has 10 heteroatoms. The monoisotopic (exact) mass is 389 g/mol. The smallest absolute Gasteiger partial charge is 0.303 e. The van der Waals surface area contributed by atoms with Crippen molar-refractivity contribution in [3.05, 3.63) is 11.3 Å². The third-order valence-electron chi connectivity index (χ3n) is 3.77. The Morgan fingerprint density at radius 3 is 1.81 bits per heavy atom. The van der Waals surface area contributed by atoms with Crippen molar-refractivity contribution in [3.8, 4) is 0 Å². The Kier molecular flexibility index (Phi) is 8.67. The van der Waals surface area contributed by atoms with Crippen molar-refractivity contribution in [1.82, 2.24) is 5.32 Å². The molecule has 0 radical (unpaired) electrons. The minimum Gasteiger partial charge on any atom is -0.511 e. The Balaban J connectivity index is 3.20. The fourth-order valence-electron chi connectivity index (χ4n) is 2.58. The quantitative estimate of drug-likeness (QED) is 0.308. The Hall–Kier alpha value is -2.17. The Bertz CT molecular complexity index is 585. The van der Waals surface area contributed by atoms with Crippen LogP contribution in [0, 0.1) is 0 Å². The highest BCUT2D eigenvalue weighted by Crippen LogP contribution is 2.28. The molecule has 27 heavy (non-hydrogen) atoms. The maximum Gasteiger partial charge on any atom is 0.303 e. The van der Waals surface area contributed by atoms with Gasteiger partial charge in [-0.05, 0) is 19.4 Å². The summed E-state index contributed by atoms with van der Waals surface area (Å²) in [4.78, 5) is 34.6. The number of esters is 3. The number of aliphatic hydroxyl groups is 2. The van der Waals surface area contributed by atoms with Crippen LogP contribution in [0.15, 0.2) is 11.3 Å². The van der Waals surface area contributed by atoms with E-state index >= 15 is 0 Å². The van der Waals surface area contributed by atoms with Crippen molar-refractivity contribution in [2.75, 3.05) is 13.2 Å². The minimum atomic E-state index is -1.22. The molecule has 154 valence electrons. The first kappa shape index (κ1) is 22.9. The fourth-order valence-corrected chi connectivity index (χ4v) is 2.58. The molecular weight excluding hydrogens is 362 g/mol. The summed E-state index contributed by atoms with van der Waals surface area (Å²) in [6.07, 6.45) is -5.66. The van der Waals surface area contributed by atoms with Crippen LogP contribution in [0.5, 0.6) is 0 Å². The van der Waals surface area contributed by atoms with Crippen molar-refractivity contribution >= 4 is 17.9 Å². The second-order valence-corrected chi connectivity index (χ2v) is 6.33. The third-order valence-corrected chi connectivity index (χ3v) is 3.77. The minimum absolute atomic E-state index is 0.0199. The zero-order valence-electron chi connectivity index (χ0n) is 16.1. The van der Waals surface area contributed by atoms with Crippen molar-refractivity contribution in [3.63, 3.8) is 0 Å². The molecule has 0 unspecified atom stereocenters. The molecule has 1 rings (SSSR count). The van der Waals surface area contributed by atoms with Crippen LogP contribution in [-0.2, 0) is 33.3 Å². The Labute approximate surface area is 157 Å². The normalized spacial score (nSPS) is 27.4. The molecular formula is C17H27NO9. The summed E-state index contributed by atoms with van der Waals surface area (Å²) in [5, 5.41) is 22.4. The molecule has 0 aromatic heterocycles. The second-order valence-electron chi connectivity index (χ2n) is 6.33. The van der Waals surface area contributed by atoms with Crippen molar-refractivity contribution in [2.24, 2.45) is 0 Å². The largest absolute Gasteiger partial charge is 0.511 e. The van der Waals surface area contributed by atoms with E-state index in [1.807, 2.05) is 0 Å². The van der Waals surface area contributed by atoms with Gasteiger partial charge in [0.1, 0.15) is 18.1 Å². The van der Waals surface area contributed by atoms with E-state index in [4.69, 9.17) is 18.9 Å². The van der Waals surface area contributed by atoms with Crippen molar-refractivity contribution < 1.29 is 43.5 Å². The van der Waals surface area contributed by atoms with Crippen LogP contribution in [-0.4, -0.2) is 71.9 Å². The van der Waals surface area contributed by atoms with E-state index in [2.05, 4.69) is 5.32 Å². The van der Waals surface area contributed by atoms with Crippen molar-refractivity contribution in [2.45, 2.75) is 65.3 Å². The summed E-state index contributed by atoms with van der Waals surface area (Å²) >= 11 is 0. The van der Waals surface area contributed by atoms with E-state index in [0.717, 1.165) is 20.8 Å². The predicted molar refractivity (Wildman–Crippen MR) is 91.4 cm³/mol. The summed E-state index contributed by atoms with van der Waals surface area (Å²) in [5.41, 5.74) is 0.662. The topological polar surface area (TPSA) is 141 Å². The summed E-state index contributed by atoms with van der Waals surface area (Å²) in [7, 11) is 0. The number of allylic oxidation sites excluding steroid dienone is 1. The maximum absolute atomic E-state index is 11.6. The van der Waals surface area contributed by atoms with Crippen LogP contribution in [0.4, 0.5) is 0 Å². The molecule has 1 fully saturated rings. The highest BCUT2D eigenvalue weighted by molar-refractivity contribution is 5.68. The van der Waals surface area contributed by atoms with E-state index in [0.29, 0.717) is 5.57 Å². The highest BCUT2D eigenvalue weighted by atomic mass is 16.7. The molecule has 0 aromatic carbocycles. The molecule has 0 bridgehead atoms. The summed E-state index contributed by atoms with van der Waals surface area (Å²) in [6, 6.07) is 0. The number of nitrogens with one attached hydrogen (secondary N) is 1. The summed E-state index contributed by atoms with van der Waals surface area (Å²) < 4.78 is 21.3. The van der Waals surface area contributed by atoms with Crippen LogP contribution in [0.2, 0.25) is 0 Å². The lowest BCUT2D eigenvalue weighted by Gasteiger charge is -2.44. The average molecular weight is 389 g/mol. The summed E-state index contributed by atoms with van der Waals surface area (Å²) in [6.45, 7) is 6.31. The summed E-state index contributed by atoms with van der Waals surface area (Å²) in [5.74, 6) is -2.01. The molecule has 1 heterocycles. The van der Waals surface area contributed by atoms with Gasteiger partial charge in [-0.25, -0.2) is 0 Å². The van der Waals surface area contributed by atoms with Crippen molar-refractivity contribution in [1.29, 1.82) is 0 Å². The number of carbonyl (C=O) groups is 3. The van der Waals surface area contributed by atoms with Crippen LogP contribution < -0.4 is 5.32 Å². The number of rotatable bonds is 7. The lowest BCUT2D eigenvalue weighted by Crippen LogP contribution is -2.65. The standard InChI is InChI=1S/C17H27NO9/c1-8(2)12(23)6-18-17-16(26-11(5)22)15(25-10(4)21)14(24-9(3)20)13(7-19)27-17/h13-19,23H,6-7H2,1-5H3/t13-,14-,15+,16-,17-/m1/s1. The van der Waals surface area contributed by atoms with E-state index in [1.54, 1.807) is 13.8 Å². The first-order valence-electron chi connectivity index (χ1n) is 8.43. The van der Waals surface area contributed by atoms with Gasteiger partial charge in [0, 0.05) is 20.8 Å². The molecule has 1 aliphatic rings. The molecule has 0 aromatic rings. The molecule has 3 N–H and O–H groups in total. The molecule has 0 saturated carbocycles. The SMILES string of the molecule is CC(=O)O[C@@H]1[C@@H](OC(C)=O)[C@H](NCC(O)=C(C)C)O[C@H](CO)[C@H]1OC(C)=O. The van der Waals surface area contributed by atoms with Gasteiger partial charge >= 0.3 is 17.9 Å². The number of hydrogen-bond donors (Lipinski definition) is 3. The third kappa shape index (κ3) is 6.81. The molecule has 0 aliphatic carbocycles. The fraction of sp³-hybridized carbons (Fsp3) is 0.706. The molecule has 1 saturated heterocycles. The van der Waals surface area contributed by atoms with Crippen LogP contribution in [0.25, 0.3) is 0 Å². The Morgan fingerprint density at radius 2 is 1.37 bits per heavy atom. The van der Waals surface area contributed by atoms with Gasteiger partial charge in [-0.15, -0.1) is 0 Å². The zero-order chi connectivity index (χ0) is 20.7. The predicted octanol–water partition coefficient (Wildman–Crippen LogP) is -0.0598. The van der Waals surface area contributed by atoms with E-state index < -0.39 is 55.2 Å². The number of hydrogen-bond acceptors (Lipinski definition) is 10. The molecule has 0 spiro atoms. The molecule has 10 nitrogen and oxygen atoms in total.